The van der Waals surface area contributed by atoms with Gasteiger partial charge < -0.3 is 10.2 Å². The van der Waals surface area contributed by atoms with E-state index >= 15 is 0 Å². The Balaban J connectivity index is 1.56. The van der Waals surface area contributed by atoms with Crippen LogP contribution >= 0.6 is 23.2 Å². The first kappa shape index (κ1) is 18.7. The number of hydrogen-bond acceptors (Lipinski definition) is 2. The molecule has 3 rings (SSSR count). The van der Waals surface area contributed by atoms with Crippen LogP contribution in [0.3, 0.4) is 0 Å². The van der Waals surface area contributed by atoms with Gasteiger partial charge in [-0.1, -0.05) is 35.3 Å². The zero-order valence-corrected chi connectivity index (χ0v) is 15.4. The quantitative estimate of drug-likeness (QED) is 0.827. The van der Waals surface area contributed by atoms with Gasteiger partial charge in [-0.15, -0.1) is 0 Å². The number of anilines is 1. The van der Waals surface area contributed by atoms with Gasteiger partial charge in [0.15, 0.2) is 0 Å². The Labute approximate surface area is 160 Å². The summed E-state index contributed by atoms with van der Waals surface area (Å²) in [5.41, 5.74) is 1.45. The maximum atomic E-state index is 12.9. The normalized spacial score (nSPS) is 16.8. The molecule has 1 fully saturated rings. The van der Waals surface area contributed by atoms with Crippen LogP contribution in [0.25, 0.3) is 0 Å². The van der Waals surface area contributed by atoms with Crippen LogP contribution < -0.4 is 5.32 Å². The third kappa shape index (κ3) is 4.74. The van der Waals surface area contributed by atoms with Gasteiger partial charge in [0.1, 0.15) is 5.82 Å². The fourth-order valence-electron chi connectivity index (χ4n) is 2.95. The first-order valence-electron chi connectivity index (χ1n) is 8.20. The van der Waals surface area contributed by atoms with Gasteiger partial charge in [0.25, 0.3) is 0 Å². The lowest BCUT2D eigenvalue weighted by molar-refractivity contribution is -0.128. The predicted molar refractivity (Wildman–Crippen MR) is 99.9 cm³/mol. The molecule has 2 amide bonds. The number of rotatable bonds is 5. The Morgan fingerprint density at radius 1 is 1.15 bits per heavy atom. The predicted octanol–water partition coefficient (Wildman–Crippen LogP) is 4.16. The number of carbonyl (C=O) groups is 2. The molecule has 1 N–H and O–H groups in total. The molecule has 0 aliphatic carbocycles. The number of nitrogens with one attached hydrogen (secondary N) is 1. The van der Waals surface area contributed by atoms with Crippen LogP contribution in [-0.4, -0.2) is 29.8 Å². The summed E-state index contributed by atoms with van der Waals surface area (Å²) >= 11 is 11.9. The van der Waals surface area contributed by atoms with E-state index < -0.39 is 5.92 Å². The van der Waals surface area contributed by atoms with Crippen molar-refractivity contribution in [1.82, 2.24) is 4.90 Å². The van der Waals surface area contributed by atoms with Gasteiger partial charge in [0.2, 0.25) is 11.8 Å². The smallest absolute Gasteiger partial charge is 0.229 e. The molecule has 0 aromatic heterocycles. The van der Waals surface area contributed by atoms with Crippen molar-refractivity contribution >= 4 is 40.7 Å². The minimum Gasteiger partial charge on any atom is -0.342 e. The minimum atomic E-state index is -0.423. The average molecular weight is 395 g/mol. The van der Waals surface area contributed by atoms with Crippen LogP contribution in [0.4, 0.5) is 10.1 Å². The van der Waals surface area contributed by atoms with E-state index in [2.05, 4.69) is 5.32 Å². The van der Waals surface area contributed by atoms with Crippen molar-refractivity contribution < 1.29 is 14.0 Å². The summed E-state index contributed by atoms with van der Waals surface area (Å²) in [6.07, 6.45) is 0.786. The molecular weight excluding hydrogens is 378 g/mol. The standard InChI is InChI=1S/C19H17Cl2FN2O2/c20-14-8-15(21)10-17(9-14)23-19(26)13-7-18(25)24(11-13)6-5-12-1-3-16(22)4-2-12/h1-4,8-10,13H,5-7,11H2,(H,23,26). The van der Waals surface area contributed by atoms with Crippen LogP contribution in [-0.2, 0) is 16.0 Å². The van der Waals surface area contributed by atoms with E-state index in [0.717, 1.165) is 5.56 Å². The van der Waals surface area contributed by atoms with Crippen LogP contribution in [0.5, 0.6) is 0 Å². The minimum absolute atomic E-state index is 0.0589. The third-order valence-electron chi connectivity index (χ3n) is 4.30. The SMILES string of the molecule is O=C(Nc1cc(Cl)cc(Cl)c1)C1CC(=O)N(CCc2ccc(F)cc2)C1. The molecule has 1 heterocycles. The van der Waals surface area contributed by atoms with Crippen molar-refractivity contribution in [2.24, 2.45) is 5.92 Å². The molecular formula is C19H17Cl2FN2O2. The van der Waals surface area contributed by atoms with Gasteiger partial charge in [-0.2, -0.15) is 0 Å². The van der Waals surface area contributed by atoms with Gasteiger partial charge in [0.05, 0.1) is 5.92 Å². The molecule has 1 saturated heterocycles. The lowest BCUT2D eigenvalue weighted by atomic mass is 10.1. The van der Waals surface area contributed by atoms with E-state index in [0.29, 0.717) is 35.2 Å². The van der Waals surface area contributed by atoms with Gasteiger partial charge in [-0.05, 0) is 42.3 Å². The van der Waals surface area contributed by atoms with Crippen molar-refractivity contribution in [2.45, 2.75) is 12.8 Å². The molecule has 2 aromatic carbocycles. The first-order valence-corrected chi connectivity index (χ1v) is 8.95. The van der Waals surface area contributed by atoms with Gasteiger partial charge in [-0.3, -0.25) is 9.59 Å². The van der Waals surface area contributed by atoms with Gasteiger partial charge in [0, 0.05) is 35.2 Å². The Bertz CT molecular complexity index is 807. The summed E-state index contributed by atoms with van der Waals surface area (Å²) in [4.78, 5) is 26.3. The van der Waals surface area contributed by atoms with Crippen LogP contribution in [0.1, 0.15) is 12.0 Å². The molecule has 7 heteroatoms. The number of carbonyl (C=O) groups excluding carboxylic acids is 2. The first-order chi connectivity index (χ1) is 12.4. The molecule has 0 spiro atoms. The number of halogens is 3. The summed E-state index contributed by atoms with van der Waals surface area (Å²) in [6, 6.07) is 11.0. The number of hydrogen-bond donors (Lipinski definition) is 1. The zero-order valence-electron chi connectivity index (χ0n) is 13.8. The lowest BCUT2D eigenvalue weighted by Crippen LogP contribution is -2.30. The summed E-state index contributed by atoms with van der Waals surface area (Å²) in [6.45, 7) is 0.859. The third-order valence-corrected chi connectivity index (χ3v) is 4.74. The molecule has 0 radical (unpaired) electrons. The highest BCUT2D eigenvalue weighted by Gasteiger charge is 2.34. The molecule has 1 aliphatic heterocycles. The number of nitrogens with zero attached hydrogens (tertiary/aromatic N) is 1. The second-order valence-corrected chi connectivity index (χ2v) is 7.14. The Hall–Kier alpha value is -2.11. The molecule has 26 heavy (non-hydrogen) atoms. The highest BCUT2D eigenvalue weighted by molar-refractivity contribution is 6.35. The maximum absolute atomic E-state index is 12.9. The highest BCUT2D eigenvalue weighted by atomic mass is 35.5. The van der Waals surface area contributed by atoms with E-state index in [4.69, 9.17) is 23.2 Å². The van der Waals surface area contributed by atoms with E-state index in [-0.39, 0.29) is 24.1 Å². The molecule has 1 unspecified atom stereocenters. The van der Waals surface area contributed by atoms with Crippen molar-refractivity contribution in [3.8, 4) is 0 Å². The van der Waals surface area contributed by atoms with Gasteiger partial charge in [-0.25, -0.2) is 4.39 Å². The molecule has 0 saturated carbocycles. The second-order valence-electron chi connectivity index (χ2n) is 6.26. The average Bonchev–Trinajstić information content (AvgIpc) is 2.94. The van der Waals surface area contributed by atoms with E-state index in [1.54, 1.807) is 35.2 Å². The Kier molecular flexibility index (Phi) is 5.79. The van der Waals surface area contributed by atoms with Crippen molar-refractivity contribution in [2.75, 3.05) is 18.4 Å². The van der Waals surface area contributed by atoms with Gasteiger partial charge >= 0.3 is 0 Å². The van der Waals surface area contributed by atoms with Crippen LogP contribution in [0, 0.1) is 11.7 Å². The summed E-state index contributed by atoms with van der Waals surface area (Å²) in [7, 11) is 0. The number of amides is 2. The fourth-order valence-corrected chi connectivity index (χ4v) is 3.48. The van der Waals surface area contributed by atoms with Crippen LogP contribution in [0.15, 0.2) is 42.5 Å². The summed E-state index contributed by atoms with van der Waals surface area (Å²) < 4.78 is 12.9. The molecule has 1 atom stereocenters. The molecule has 136 valence electrons. The monoisotopic (exact) mass is 394 g/mol. The number of benzene rings is 2. The zero-order chi connectivity index (χ0) is 18.7. The fraction of sp³-hybridized carbons (Fsp3) is 0.263. The van der Waals surface area contributed by atoms with E-state index in [1.807, 2.05) is 0 Å². The second kappa shape index (κ2) is 8.06. The number of likely N-dealkylation sites (tertiary alicyclic amines) is 1. The van der Waals surface area contributed by atoms with Crippen LogP contribution in [0.2, 0.25) is 10.0 Å². The largest absolute Gasteiger partial charge is 0.342 e. The van der Waals surface area contributed by atoms with E-state index in [1.165, 1.54) is 12.1 Å². The lowest BCUT2D eigenvalue weighted by Gasteiger charge is -2.16. The summed E-state index contributed by atoms with van der Waals surface area (Å²) in [5.74, 6) is -1.00. The molecule has 1 aliphatic rings. The Morgan fingerprint density at radius 2 is 1.81 bits per heavy atom. The van der Waals surface area contributed by atoms with E-state index in [9.17, 15) is 14.0 Å². The molecule has 2 aromatic rings. The topological polar surface area (TPSA) is 49.4 Å². The highest BCUT2D eigenvalue weighted by Crippen LogP contribution is 2.25. The van der Waals surface area contributed by atoms with Crippen molar-refractivity contribution in [3.63, 3.8) is 0 Å². The Morgan fingerprint density at radius 3 is 2.46 bits per heavy atom. The van der Waals surface area contributed by atoms with Crippen molar-refractivity contribution in [3.05, 3.63) is 63.9 Å². The summed E-state index contributed by atoms with van der Waals surface area (Å²) in [5, 5.41) is 3.61. The van der Waals surface area contributed by atoms with Crippen molar-refractivity contribution in [1.29, 1.82) is 0 Å². The maximum Gasteiger partial charge on any atom is 0.229 e. The molecule has 4 nitrogen and oxygen atoms in total. The molecule has 0 bridgehead atoms.